The number of carbonyl (C=O) groups is 1. The minimum absolute atomic E-state index is 0.124. The molecule has 8 N–H and O–H groups in total. The fourth-order valence-corrected chi connectivity index (χ4v) is 5.38. The van der Waals surface area contributed by atoms with Gasteiger partial charge in [-0.25, -0.2) is 0 Å². The van der Waals surface area contributed by atoms with Gasteiger partial charge in [-0.05, 0) is 6.42 Å². The monoisotopic (exact) mass is 552 g/mol. The fourth-order valence-electron chi connectivity index (χ4n) is 5.38. The van der Waals surface area contributed by atoms with Crippen LogP contribution in [-0.2, 0) is 19.0 Å². The van der Waals surface area contributed by atoms with Crippen LogP contribution in [0.2, 0.25) is 0 Å². The summed E-state index contributed by atoms with van der Waals surface area (Å²) >= 11 is 0. The molecule has 0 aromatic carbocycles. The van der Waals surface area contributed by atoms with E-state index < -0.39 is 79.9 Å². The number of hydrogen-bond donors (Lipinski definition) is 8. The van der Waals surface area contributed by atoms with Crippen molar-refractivity contribution in [3.8, 4) is 0 Å². The topological polar surface area (TPSA) is 207 Å². The third kappa shape index (κ3) is 7.22. The molecule has 2 aliphatic rings. The molecule has 38 heavy (non-hydrogen) atoms. The van der Waals surface area contributed by atoms with Crippen LogP contribution in [0.5, 0.6) is 0 Å². The summed E-state index contributed by atoms with van der Waals surface area (Å²) in [6.45, 7) is -0.668. The van der Waals surface area contributed by atoms with Gasteiger partial charge in [0.1, 0.15) is 36.6 Å². The first-order chi connectivity index (χ1) is 18.2. The van der Waals surface area contributed by atoms with Crippen LogP contribution in [0, 0.1) is 0 Å². The molecule has 0 spiro atoms. The van der Waals surface area contributed by atoms with E-state index >= 15 is 0 Å². The van der Waals surface area contributed by atoms with E-state index in [0.29, 0.717) is 6.42 Å². The maximum absolute atomic E-state index is 12.9. The number of carbonyl (C=O) groups excluding carboxylic acids is 1. The Bertz CT molecular complexity index is 693. The highest BCUT2D eigenvalue weighted by molar-refractivity contribution is 5.70. The van der Waals surface area contributed by atoms with Gasteiger partial charge in [-0.3, -0.25) is 4.79 Å². The van der Waals surface area contributed by atoms with Crippen LogP contribution in [0.15, 0.2) is 0 Å². The number of esters is 1. The van der Waals surface area contributed by atoms with Crippen LogP contribution >= 0.6 is 0 Å². The molecule has 0 saturated carbocycles. The summed E-state index contributed by atoms with van der Waals surface area (Å²) in [6.07, 6.45) is -1.46. The molecule has 0 bridgehead atoms. The van der Waals surface area contributed by atoms with Crippen molar-refractivity contribution in [1.82, 2.24) is 0 Å². The average Bonchev–Trinajstić information content (AvgIpc) is 3.17. The average molecular weight is 553 g/mol. The second kappa shape index (κ2) is 15.8. The molecule has 0 unspecified atom stereocenters. The van der Waals surface area contributed by atoms with Crippen LogP contribution < -0.4 is 0 Å². The number of unbranched alkanes of at least 4 members (excludes halogenated alkanes) is 10. The minimum Gasteiger partial charge on any atom is -0.427 e. The molecule has 9 atom stereocenters. The quantitative estimate of drug-likeness (QED) is 0.0828. The van der Waals surface area contributed by atoms with Crippen molar-refractivity contribution >= 4 is 5.97 Å². The predicted octanol–water partition coefficient (Wildman–Crippen LogP) is -0.755. The van der Waals surface area contributed by atoms with Gasteiger partial charge < -0.3 is 55.1 Å². The molecular weight excluding hydrogens is 504 g/mol. The van der Waals surface area contributed by atoms with Crippen LogP contribution in [0.3, 0.4) is 0 Å². The number of hydrogen-bond acceptors (Lipinski definition) is 12. The molecule has 2 heterocycles. The van der Waals surface area contributed by atoms with E-state index in [0.717, 1.165) is 25.7 Å². The minimum atomic E-state index is -2.83. The molecule has 12 heteroatoms. The van der Waals surface area contributed by atoms with Gasteiger partial charge in [0.25, 0.3) is 5.79 Å². The SMILES string of the molecule is CCCCCCCCCCCCCC(=O)O[C@@]1([C@@]2(CO)O[C@H](CO)[C@@H](O)[C@@H]2O)O[C@H](CO)[C@@H](O)[C@H](O)[C@H]1O. The zero-order chi connectivity index (χ0) is 28.3. The Morgan fingerprint density at radius 1 is 0.684 bits per heavy atom. The van der Waals surface area contributed by atoms with Crippen molar-refractivity contribution in [2.24, 2.45) is 0 Å². The summed E-state index contributed by atoms with van der Waals surface area (Å²) in [6, 6.07) is 0. The number of ether oxygens (including phenoxy) is 3. The van der Waals surface area contributed by atoms with Crippen molar-refractivity contribution in [2.75, 3.05) is 19.8 Å². The van der Waals surface area contributed by atoms with Crippen LogP contribution in [0.1, 0.15) is 84.0 Å². The molecule has 0 aromatic heterocycles. The van der Waals surface area contributed by atoms with E-state index in [4.69, 9.17) is 14.2 Å². The molecule has 12 nitrogen and oxygen atoms in total. The molecule has 2 fully saturated rings. The van der Waals surface area contributed by atoms with Crippen molar-refractivity contribution < 1.29 is 59.9 Å². The smallest absolute Gasteiger partial charge is 0.308 e. The normalized spacial score (nSPS) is 37.4. The maximum Gasteiger partial charge on any atom is 0.308 e. The molecule has 0 radical (unpaired) electrons. The molecule has 0 aromatic rings. The molecule has 0 aliphatic carbocycles. The zero-order valence-corrected chi connectivity index (χ0v) is 22.4. The summed E-state index contributed by atoms with van der Waals surface area (Å²) in [5.41, 5.74) is -2.56. The number of rotatable bonds is 17. The van der Waals surface area contributed by atoms with E-state index in [2.05, 4.69) is 6.92 Å². The number of aliphatic hydroxyl groups is 8. The standard InChI is InChI=1S/C26H48O12/c1-2-3-4-5-6-7-8-9-10-11-12-13-19(30)38-26(24(35)22(33)20(31)17(14-27)37-26)25(16-29)23(34)21(32)18(15-28)36-25/h17-18,20-24,27-29,31-35H,2-16H2,1H3/t17-,18-,20-,21-,22+,23+,24-,25+,26+/m1/s1. The van der Waals surface area contributed by atoms with E-state index in [1.807, 2.05) is 0 Å². The first-order valence-corrected chi connectivity index (χ1v) is 14.0. The largest absolute Gasteiger partial charge is 0.427 e. The van der Waals surface area contributed by atoms with E-state index in [1.54, 1.807) is 0 Å². The van der Waals surface area contributed by atoms with Crippen molar-refractivity contribution in [2.45, 2.75) is 138 Å². The Kier molecular flexibility index (Phi) is 13.8. The van der Waals surface area contributed by atoms with Crippen LogP contribution in [0.25, 0.3) is 0 Å². The Morgan fingerprint density at radius 3 is 1.66 bits per heavy atom. The van der Waals surface area contributed by atoms with Gasteiger partial charge in [0, 0.05) is 6.42 Å². The molecular formula is C26H48O12. The maximum atomic E-state index is 12.9. The van der Waals surface area contributed by atoms with Gasteiger partial charge in [0.05, 0.1) is 19.8 Å². The molecule has 2 aliphatic heterocycles. The third-order valence-electron chi connectivity index (χ3n) is 7.75. The Hall–Kier alpha value is -0.930. The summed E-state index contributed by atoms with van der Waals surface area (Å²) in [4.78, 5) is 12.9. The second-order valence-electron chi connectivity index (χ2n) is 10.5. The molecule has 224 valence electrons. The van der Waals surface area contributed by atoms with Crippen molar-refractivity contribution in [1.29, 1.82) is 0 Å². The highest BCUT2D eigenvalue weighted by Gasteiger charge is 2.74. The van der Waals surface area contributed by atoms with Gasteiger partial charge in [0.2, 0.25) is 0 Å². The van der Waals surface area contributed by atoms with Gasteiger partial charge >= 0.3 is 5.97 Å². The zero-order valence-electron chi connectivity index (χ0n) is 22.4. The van der Waals surface area contributed by atoms with Gasteiger partial charge in [-0.2, -0.15) is 0 Å². The Balaban J connectivity index is 2.06. The summed E-state index contributed by atoms with van der Waals surface area (Å²) in [5, 5.41) is 82.4. The Labute approximate surface area is 224 Å². The predicted molar refractivity (Wildman–Crippen MR) is 134 cm³/mol. The van der Waals surface area contributed by atoms with Gasteiger partial charge in [-0.1, -0.05) is 71.1 Å². The lowest BCUT2D eigenvalue weighted by Gasteiger charge is -2.54. The first-order valence-electron chi connectivity index (χ1n) is 14.0. The van der Waals surface area contributed by atoms with Crippen LogP contribution in [-0.4, -0.2) is 121 Å². The fraction of sp³-hybridized carbons (Fsp3) is 0.962. The van der Waals surface area contributed by atoms with Gasteiger partial charge in [0.15, 0.2) is 11.7 Å². The summed E-state index contributed by atoms with van der Waals surface area (Å²) in [5.74, 6) is -3.74. The first kappa shape index (κ1) is 33.3. The molecule has 2 rings (SSSR count). The Morgan fingerprint density at radius 2 is 1.18 bits per heavy atom. The molecule has 0 amide bonds. The second-order valence-corrected chi connectivity index (χ2v) is 10.5. The lowest BCUT2D eigenvalue weighted by molar-refractivity contribution is -0.415. The van der Waals surface area contributed by atoms with Crippen LogP contribution in [0.4, 0.5) is 0 Å². The van der Waals surface area contributed by atoms with Crippen molar-refractivity contribution in [3.63, 3.8) is 0 Å². The molecule has 2 saturated heterocycles. The van der Waals surface area contributed by atoms with Crippen molar-refractivity contribution in [3.05, 3.63) is 0 Å². The third-order valence-corrected chi connectivity index (χ3v) is 7.75. The summed E-state index contributed by atoms with van der Waals surface area (Å²) in [7, 11) is 0. The van der Waals surface area contributed by atoms with E-state index in [9.17, 15) is 45.6 Å². The van der Waals surface area contributed by atoms with E-state index in [1.165, 1.54) is 38.5 Å². The van der Waals surface area contributed by atoms with Gasteiger partial charge in [-0.15, -0.1) is 0 Å². The van der Waals surface area contributed by atoms with E-state index in [-0.39, 0.29) is 6.42 Å². The highest BCUT2D eigenvalue weighted by Crippen LogP contribution is 2.48. The lowest BCUT2D eigenvalue weighted by Crippen LogP contribution is -2.78. The number of aliphatic hydroxyl groups excluding tert-OH is 8. The summed E-state index contributed by atoms with van der Waals surface area (Å²) < 4.78 is 16.6. The highest BCUT2D eigenvalue weighted by atomic mass is 16.8. The lowest BCUT2D eigenvalue weighted by atomic mass is 9.78.